The molecule has 2 aromatic carbocycles. The van der Waals surface area contributed by atoms with Crippen molar-refractivity contribution in [2.45, 2.75) is 146 Å². The lowest BCUT2D eigenvalue weighted by molar-refractivity contribution is -0.145. The average molecular weight is 1190 g/mol. The molecule has 5 rings (SSSR count). The number of aromatic nitrogens is 4. The van der Waals surface area contributed by atoms with Crippen LogP contribution in [0, 0.1) is 18.8 Å². The fourth-order valence-electron chi connectivity index (χ4n) is 9.09. The van der Waals surface area contributed by atoms with Gasteiger partial charge in [-0.1, -0.05) is 63.9 Å². The Hall–Kier alpha value is -8.93. The van der Waals surface area contributed by atoms with E-state index in [1.165, 1.54) is 53.8 Å². The minimum Gasteiger partial charge on any atom is -0.508 e. The summed E-state index contributed by atoms with van der Waals surface area (Å²) in [6, 6.07) is 0.493. The second kappa shape index (κ2) is 30.4. The molecule has 0 unspecified atom stereocenters. The van der Waals surface area contributed by atoms with Gasteiger partial charge >= 0.3 is 11.9 Å². The molecule has 3 heterocycles. The molecule has 1 aliphatic heterocycles. The maximum atomic E-state index is 14.7. The maximum absolute atomic E-state index is 14.7. The molecule has 1 saturated heterocycles. The molecule has 30 heteroatoms. The lowest BCUT2D eigenvalue weighted by Crippen LogP contribution is -2.62. The van der Waals surface area contributed by atoms with Crippen molar-refractivity contribution in [3.63, 3.8) is 0 Å². The molecular formula is C54H75N15O14S. The molecule has 7 amide bonds. The van der Waals surface area contributed by atoms with Gasteiger partial charge in [0.25, 0.3) is 10.0 Å². The third-order valence-electron chi connectivity index (χ3n) is 14.0. The topological polar surface area (TPSA) is 461 Å². The van der Waals surface area contributed by atoms with E-state index in [4.69, 9.17) is 17.2 Å². The highest BCUT2D eigenvalue weighted by Gasteiger charge is 2.41. The van der Waals surface area contributed by atoms with Crippen LogP contribution in [0.25, 0.3) is 0 Å². The van der Waals surface area contributed by atoms with Crippen LogP contribution in [0.2, 0.25) is 0 Å². The van der Waals surface area contributed by atoms with E-state index < -0.39 is 136 Å². The van der Waals surface area contributed by atoms with Crippen LogP contribution in [0.1, 0.15) is 88.7 Å². The number of rotatable bonds is 31. The number of aliphatic carboxylic acids is 2. The van der Waals surface area contributed by atoms with Crippen molar-refractivity contribution in [3.05, 3.63) is 96.1 Å². The summed E-state index contributed by atoms with van der Waals surface area (Å²) in [5.74, 6) is -10.4. The van der Waals surface area contributed by atoms with Crippen LogP contribution in [0.3, 0.4) is 0 Å². The van der Waals surface area contributed by atoms with Crippen LogP contribution in [0.4, 0.5) is 0 Å². The highest BCUT2D eigenvalue weighted by molar-refractivity contribution is 7.90. The lowest BCUT2D eigenvalue weighted by atomic mass is 9.96. The maximum Gasteiger partial charge on any atom is 0.326 e. The number of benzene rings is 2. The number of aliphatic imine (C=N–C) groups is 1. The van der Waals surface area contributed by atoms with Crippen LogP contribution < -0.4 is 49.1 Å². The average Bonchev–Trinajstić information content (AvgIpc) is 4.45. The van der Waals surface area contributed by atoms with Crippen molar-refractivity contribution >= 4 is 69.3 Å². The number of aromatic hydroxyl groups is 1. The molecule has 456 valence electrons. The molecule has 2 aromatic heterocycles. The zero-order valence-corrected chi connectivity index (χ0v) is 48.0. The highest BCUT2D eigenvalue weighted by Crippen LogP contribution is 2.22. The third-order valence-corrected chi connectivity index (χ3v) is 15.7. The molecule has 0 saturated carbocycles. The third kappa shape index (κ3) is 18.8. The van der Waals surface area contributed by atoms with Gasteiger partial charge in [0.2, 0.25) is 41.4 Å². The monoisotopic (exact) mass is 1190 g/mol. The molecule has 1 fully saturated rings. The number of carbonyl (C=O) groups is 9. The number of hydrogen-bond donors (Lipinski definition) is 13. The molecule has 1 aliphatic rings. The normalized spacial score (nSPS) is 16.1. The number of H-pyrrole nitrogens is 1. The van der Waals surface area contributed by atoms with E-state index in [0.29, 0.717) is 24.1 Å². The number of guanidine groups is 1. The number of likely N-dealkylation sites (tertiary alicyclic amines) is 1. The Balaban J connectivity index is 1.36. The summed E-state index contributed by atoms with van der Waals surface area (Å²) < 4.78 is 27.4. The minimum atomic E-state index is -4.09. The summed E-state index contributed by atoms with van der Waals surface area (Å²) in [5.41, 5.74) is 18.4. The zero-order valence-electron chi connectivity index (χ0n) is 47.2. The zero-order chi connectivity index (χ0) is 62.0. The first-order valence-electron chi connectivity index (χ1n) is 27.2. The van der Waals surface area contributed by atoms with E-state index in [1.54, 1.807) is 46.8 Å². The van der Waals surface area contributed by atoms with Gasteiger partial charge in [-0.3, -0.25) is 43.3 Å². The number of aryl methyl sites for hydroxylation is 1. The molecule has 0 aliphatic carbocycles. The van der Waals surface area contributed by atoms with Crippen molar-refractivity contribution in [1.29, 1.82) is 0 Å². The number of aromatic amines is 1. The van der Waals surface area contributed by atoms with Gasteiger partial charge < -0.3 is 74.3 Å². The number of phenols is 1. The number of amides is 7. The first kappa shape index (κ1) is 65.9. The number of imidazole rings is 2. The number of carbonyl (C=O) groups excluding carboxylic acids is 7. The molecule has 4 aromatic rings. The van der Waals surface area contributed by atoms with Gasteiger partial charge in [-0.05, 0) is 74.3 Å². The van der Waals surface area contributed by atoms with Gasteiger partial charge in [-0.15, -0.1) is 0 Å². The Morgan fingerprint density at radius 3 is 2.02 bits per heavy atom. The number of nitrogens with two attached hydrogens (primary N) is 3. The van der Waals surface area contributed by atoms with Gasteiger partial charge in [-0.25, -0.2) is 27.2 Å². The summed E-state index contributed by atoms with van der Waals surface area (Å²) in [4.78, 5) is 139. The summed E-state index contributed by atoms with van der Waals surface area (Å²) >= 11 is 0. The second-order valence-corrected chi connectivity index (χ2v) is 22.7. The Bertz CT molecular complexity index is 3100. The fourth-order valence-corrected chi connectivity index (χ4v) is 10.2. The van der Waals surface area contributed by atoms with E-state index in [2.05, 4.69) is 51.8 Å². The van der Waals surface area contributed by atoms with Gasteiger partial charge in [0.1, 0.15) is 54.4 Å². The number of nitrogens with zero attached hydrogens (tertiary/aromatic N) is 5. The van der Waals surface area contributed by atoms with Crippen LogP contribution in [-0.2, 0) is 72.4 Å². The molecular weight excluding hydrogens is 1110 g/mol. The largest absolute Gasteiger partial charge is 0.508 e. The SMILES string of the molecule is CC[C@H](C)[C@H](NC(=O)[C@H](Cc1ccc(O)cc1)NC(=O)[C@@H](NC(=O)[C@H](CCCN=C(N)N)NC(=O)[C@@H](N)CC(=O)O)C(C)C)C(=O)N[C@@H](Cc1cnc[nH]1)C(=O)N1CCC[C@H]1C(=O)N[C@@H](Cc1cn(S(=O)(=O)c2ccc(C)cc2)cn1)C(=O)O. The van der Waals surface area contributed by atoms with Gasteiger partial charge in [-0.2, -0.15) is 0 Å². The molecule has 0 radical (unpaired) electrons. The predicted molar refractivity (Wildman–Crippen MR) is 302 cm³/mol. The Kier molecular flexibility index (Phi) is 23.8. The lowest BCUT2D eigenvalue weighted by Gasteiger charge is -2.32. The number of carboxylic acids is 2. The predicted octanol–water partition coefficient (Wildman–Crippen LogP) is -1.57. The van der Waals surface area contributed by atoms with Crippen LogP contribution >= 0.6 is 0 Å². The van der Waals surface area contributed by atoms with Gasteiger partial charge in [0.15, 0.2) is 5.96 Å². The van der Waals surface area contributed by atoms with Gasteiger partial charge in [0, 0.05) is 50.4 Å². The van der Waals surface area contributed by atoms with Crippen molar-refractivity contribution in [2.24, 2.45) is 34.0 Å². The van der Waals surface area contributed by atoms with Crippen LogP contribution in [-0.4, -0.2) is 168 Å². The smallest absolute Gasteiger partial charge is 0.326 e. The summed E-state index contributed by atoms with van der Waals surface area (Å²) in [7, 11) is -4.09. The minimum absolute atomic E-state index is 0.0247. The first-order chi connectivity index (χ1) is 39.7. The van der Waals surface area contributed by atoms with E-state index in [9.17, 15) is 66.9 Å². The summed E-state index contributed by atoms with van der Waals surface area (Å²) in [5, 5.41) is 45.2. The van der Waals surface area contributed by atoms with Crippen molar-refractivity contribution < 1.29 is 66.9 Å². The van der Waals surface area contributed by atoms with Gasteiger partial charge in [0.05, 0.1) is 29.4 Å². The first-order valence-corrected chi connectivity index (χ1v) is 28.6. The number of phenolic OH excluding ortho intramolecular Hbond substituents is 1. The van der Waals surface area contributed by atoms with E-state index >= 15 is 0 Å². The Labute approximate surface area is 484 Å². The quantitative estimate of drug-likeness (QED) is 0.0154. The molecule has 0 spiro atoms. The molecule has 16 N–H and O–H groups in total. The molecule has 29 nitrogen and oxygen atoms in total. The Morgan fingerprint density at radius 2 is 1.42 bits per heavy atom. The fraction of sp³-hybridized carbons (Fsp3) is 0.481. The summed E-state index contributed by atoms with van der Waals surface area (Å²) in [6.07, 6.45) is 4.19. The molecule has 84 heavy (non-hydrogen) atoms. The second-order valence-electron chi connectivity index (χ2n) is 20.9. The van der Waals surface area contributed by atoms with E-state index in [0.717, 1.165) is 22.1 Å². The number of carboxylic acid groups (broad SMARTS) is 2. The van der Waals surface area contributed by atoms with Crippen LogP contribution in [0.5, 0.6) is 5.75 Å². The standard InChI is InChI=1S/C54H75N15O14S/c1-6-31(5)45(67-48(75)39(21-32-13-15-35(70)16-14-32)63-50(77)44(29(2)3)66-47(74)38(9-7-19-59-54(56)57)62-46(73)37(55)24-43(71)72)51(78)64-40(22-33-25-58-27-60-33)52(79)69-20-8-10-42(69)49(76)65-41(53(80)81)23-34-26-68(28-61-34)84(82,83)36-17-11-30(4)12-18-36/h11-18,25-29,31,37-42,44-45,70H,6-10,19-24,55H2,1-5H3,(H,58,60)(H,62,73)(H,63,77)(H,64,78)(H,65,76)(H,66,74)(H,67,75)(H,71,72)(H,80,81)(H4,56,57,59)/t31-,37-,38-,39-,40-,41-,42-,44-,45-/m0/s1. The number of nitrogens with one attached hydrogen (secondary N) is 7. The van der Waals surface area contributed by atoms with Crippen LogP contribution in [0.15, 0.2) is 83.5 Å². The Morgan fingerprint density at radius 1 is 0.786 bits per heavy atom. The highest BCUT2D eigenvalue weighted by atomic mass is 32.2. The molecule has 9 atom stereocenters. The van der Waals surface area contributed by atoms with Crippen molar-refractivity contribution in [1.82, 2.24) is 55.7 Å². The van der Waals surface area contributed by atoms with E-state index in [1.807, 2.05) is 0 Å². The number of hydrogen-bond acceptors (Lipinski definition) is 16. The van der Waals surface area contributed by atoms with Crippen molar-refractivity contribution in [2.75, 3.05) is 13.1 Å². The summed E-state index contributed by atoms with van der Waals surface area (Å²) in [6.45, 7) is 8.50. The molecule has 0 bridgehead atoms. The van der Waals surface area contributed by atoms with Crippen molar-refractivity contribution in [3.8, 4) is 5.75 Å². The van der Waals surface area contributed by atoms with E-state index in [-0.39, 0.29) is 67.5 Å².